The first-order valence-electron chi connectivity index (χ1n) is 6.21. The maximum atomic E-state index is 6.04. The Morgan fingerprint density at radius 3 is 2.50 bits per heavy atom. The lowest BCUT2D eigenvalue weighted by Gasteiger charge is -2.19. The van der Waals surface area contributed by atoms with E-state index in [2.05, 4.69) is 61.1 Å². The normalized spacial score (nSPS) is 12.3. The highest BCUT2D eigenvalue weighted by Gasteiger charge is 2.25. The Hall–Kier alpha value is -0.800. The van der Waals surface area contributed by atoms with E-state index in [0.29, 0.717) is 0 Å². The van der Waals surface area contributed by atoms with E-state index in [-0.39, 0.29) is 5.41 Å². The molecule has 1 aromatic carbocycles. The molecule has 3 heteroatoms. The summed E-state index contributed by atoms with van der Waals surface area (Å²) in [6.07, 6.45) is 0. The summed E-state index contributed by atoms with van der Waals surface area (Å²) in [6.45, 7) is 9.56. The van der Waals surface area contributed by atoms with E-state index in [4.69, 9.17) is 4.42 Å². The van der Waals surface area contributed by atoms with Gasteiger partial charge in [0.25, 0.3) is 0 Å². The Balaban J connectivity index is 2.81. The lowest BCUT2D eigenvalue weighted by atomic mass is 9.84. The van der Waals surface area contributed by atoms with Crippen LogP contribution in [-0.4, -0.2) is 7.05 Å². The molecule has 1 aromatic heterocycles. The van der Waals surface area contributed by atoms with Crippen LogP contribution < -0.4 is 5.32 Å². The molecule has 0 aliphatic rings. The third kappa shape index (κ3) is 2.34. The minimum Gasteiger partial charge on any atom is -0.458 e. The molecule has 0 spiro atoms. The molecule has 0 bridgehead atoms. The highest BCUT2D eigenvalue weighted by molar-refractivity contribution is 9.10. The van der Waals surface area contributed by atoms with E-state index >= 15 is 0 Å². The van der Waals surface area contributed by atoms with Crippen molar-refractivity contribution in [3.8, 4) is 0 Å². The van der Waals surface area contributed by atoms with Crippen LogP contribution in [0.25, 0.3) is 11.0 Å². The summed E-state index contributed by atoms with van der Waals surface area (Å²) in [7, 11) is 1.94. The molecule has 0 radical (unpaired) electrons. The highest BCUT2D eigenvalue weighted by atomic mass is 79.9. The van der Waals surface area contributed by atoms with Gasteiger partial charge in [-0.3, -0.25) is 0 Å². The number of furan rings is 1. The molecule has 2 aromatic rings. The van der Waals surface area contributed by atoms with Gasteiger partial charge >= 0.3 is 0 Å². The quantitative estimate of drug-likeness (QED) is 0.882. The molecule has 0 fully saturated rings. The number of nitrogens with one attached hydrogen (secondary N) is 1. The van der Waals surface area contributed by atoms with Gasteiger partial charge in [0.15, 0.2) is 0 Å². The molecule has 0 atom stereocenters. The Morgan fingerprint density at radius 1 is 1.28 bits per heavy atom. The maximum Gasteiger partial charge on any atom is 0.148 e. The molecule has 0 amide bonds. The summed E-state index contributed by atoms with van der Waals surface area (Å²) in [5.41, 5.74) is 3.58. The Kier molecular flexibility index (Phi) is 3.56. The molecule has 1 N–H and O–H groups in total. The molecular weight excluding hydrogens is 290 g/mol. The lowest BCUT2D eigenvalue weighted by Crippen LogP contribution is -2.15. The van der Waals surface area contributed by atoms with Crippen molar-refractivity contribution in [3.05, 3.63) is 33.5 Å². The van der Waals surface area contributed by atoms with Crippen LogP contribution in [-0.2, 0) is 12.0 Å². The fourth-order valence-corrected chi connectivity index (χ4v) is 3.11. The summed E-state index contributed by atoms with van der Waals surface area (Å²) >= 11 is 3.60. The zero-order valence-corrected chi connectivity index (χ0v) is 13.2. The van der Waals surface area contributed by atoms with Gasteiger partial charge in [0.05, 0.1) is 11.0 Å². The number of benzene rings is 1. The van der Waals surface area contributed by atoms with Crippen LogP contribution in [0.3, 0.4) is 0 Å². The molecule has 0 unspecified atom stereocenters. The fraction of sp³-hybridized carbons (Fsp3) is 0.467. The van der Waals surface area contributed by atoms with E-state index in [0.717, 1.165) is 22.4 Å². The number of hydrogen-bond donors (Lipinski definition) is 1. The summed E-state index contributed by atoms with van der Waals surface area (Å²) in [6, 6.07) is 4.31. The number of fused-ring (bicyclic) bond motifs is 1. The van der Waals surface area contributed by atoms with Gasteiger partial charge in [-0.15, -0.1) is 0 Å². The van der Waals surface area contributed by atoms with Crippen molar-refractivity contribution in [3.63, 3.8) is 0 Å². The third-order valence-corrected chi connectivity index (χ3v) is 3.64. The first-order valence-corrected chi connectivity index (χ1v) is 7.00. The zero-order chi connectivity index (χ0) is 13.5. The number of halogens is 1. The molecule has 0 aliphatic heterocycles. The average molecular weight is 310 g/mol. The van der Waals surface area contributed by atoms with Crippen LogP contribution in [0.5, 0.6) is 0 Å². The van der Waals surface area contributed by atoms with Gasteiger partial charge < -0.3 is 9.73 Å². The van der Waals surface area contributed by atoms with Gasteiger partial charge in [-0.25, -0.2) is 0 Å². The molecule has 0 saturated carbocycles. The second kappa shape index (κ2) is 4.71. The predicted octanol–water partition coefficient (Wildman–Crippen LogP) is 4.52. The molecule has 0 aliphatic carbocycles. The molecule has 1 heterocycles. The van der Waals surface area contributed by atoms with Gasteiger partial charge in [-0.05, 0) is 53.0 Å². The Bertz CT molecular complexity index is 578. The first kappa shape index (κ1) is 13.6. The van der Waals surface area contributed by atoms with Gasteiger partial charge in [-0.1, -0.05) is 20.8 Å². The van der Waals surface area contributed by atoms with E-state index in [9.17, 15) is 0 Å². The van der Waals surface area contributed by atoms with Crippen molar-refractivity contribution in [2.45, 2.75) is 39.7 Å². The van der Waals surface area contributed by atoms with Crippen LogP contribution in [0.4, 0.5) is 0 Å². The van der Waals surface area contributed by atoms with Crippen LogP contribution in [0, 0.1) is 6.92 Å². The van der Waals surface area contributed by atoms with E-state index in [1.165, 1.54) is 16.5 Å². The van der Waals surface area contributed by atoms with Crippen molar-refractivity contribution in [2.75, 3.05) is 7.05 Å². The number of rotatable bonds is 2. The molecule has 2 rings (SSSR count). The second-order valence-corrected chi connectivity index (χ2v) is 6.66. The van der Waals surface area contributed by atoms with E-state index < -0.39 is 0 Å². The predicted molar refractivity (Wildman–Crippen MR) is 80.1 cm³/mol. The van der Waals surface area contributed by atoms with Gasteiger partial charge in [-0.2, -0.15) is 0 Å². The third-order valence-electron chi connectivity index (χ3n) is 3.05. The van der Waals surface area contributed by atoms with Crippen LogP contribution >= 0.6 is 15.9 Å². The molecular formula is C15H20BrNO. The van der Waals surface area contributed by atoms with Crippen molar-refractivity contribution in [2.24, 2.45) is 0 Å². The fourth-order valence-electron chi connectivity index (χ4n) is 2.45. The molecule has 0 saturated heterocycles. The minimum atomic E-state index is 0.0741. The Morgan fingerprint density at radius 2 is 1.94 bits per heavy atom. The molecule has 2 nitrogen and oxygen atoms in total. The van der Waals surface area contributed by atoms with Gasteiger partial charge in [0.1, 0.15) is 11.3 Å². The van der Waals surface area contributed by atoms with Crippen molar-refractivity contribution < 1.29 is 4.42 Å². The van der Waals surface area contributed by atoms with Crippen molar-refractivity contribution >= 4 is 26.9 Å². The molecule has 18 heavy (non-hydrogen) atoms. The smallest absolute Gasteiger partial charge is 0.148 e. The maximum absolute atomic E-state index is 6.04. The number of hydrogen-bond acceptors (Lipinski definition) is 2. The average Bonchev–Trinajstić information content (AvgIpc) is 2.56. The largest absolute Gasteiger partial charge is 0.458 e. The highest BCUT2D eigenvalue weighted by Crippen LogP contribution is 2.39. The lowest BCUT2D eigenvalue weighted by molar-refractivity contribution is 0.494. The van der Waals surface area contributed by atoms with Gasteiger partial charge in [0, 0.05) is 10.9 Å². The van der Waals surface area contributed by atoms with E-state index in [1.807, 2.05) is 7.05 Å². The number of aryl methyl sites for hydroxylation is 1. The minimum absolute atomic E-state index is 0.0741. The SMILES string of the molecule is CNCc1oc2c(Br)cc(C)cc2c1C(C)(C)C. The second-order valence-electron chi connectivity index (χ2n) is 5.80. The summed E-state index contributed by atoms with van der Waals surface area (Å²) in [5.74, 6) is 1.03. The van der Waals surface area contributed by atoms with Crippen molar-refractivity contribution in [1.82, 2.24) is 5.32 Å². The van der Waals surface area contributed by atoms with Crippen LogP contribution in [0.1, 0.15) is 37.7 Å². The van der Waals surface area contributed by atoms with Crippen LogP contribution in [0.15, 0.2) is 21.0 Å². The van der Waals surface area contributed by atoms with Gasteiger partial charge in [0.2, 0.25) is 0 Å². The first-order chi connectivity index (χ1) is 8.34. The summed E-state index contributed by atoms with van der Waals surface area (Å²) < 4.78 is 7.08. The summed E-state index contributed by atoms with van der Waals surface area (Å²) in [5, 5.41) is 4.40. The Labute approximate surface area is 117 Å². The van der Waals surface area contributed by atoms with E-state index in [1.54, 1.807) is 0 Å². The van der Waals surface area contributed by atoms with Crippen LogP contribution in [0.2, 0.25) is 0 Å². The standard InChI is InChI=1S/C15H20BrNO/c1-9-6-10-13(15(2,3)4)12(8-17-5)18-14(10)11(16)7-9/h6-7,17H,8H2,1-5H3. The topological polar surface area (TPSA) is 25.2 Å². The monoisotopic (exact) mass is 309 g/mol. The summed E-state index contributed by atoms with van der Waals surface area (Å²) in [4.78, 5) is 0. The zero-order valence-electron chi connectivity index (χ0n) is 11.6. The van der Waals surface area contributed by atoms with Crippen molar-refractivity contribution in [1.29, 1.82) is 0 Å². The molecule has 98 valence electrons.